The van der Waals surface area contributed by atoms with Gasteiger partial charge in [-0.3, -0.25) is 0 Å². The van der Waals surface area contributed by atoms with E-state index in [2.05, 4.69) is 31.1 Å². The zero-order valence-corrected chi connectivity index (χ0v) is 8.93. The summed E-state index contributed by atoms with van der Waals surface area (Å²) in [7, 11) is 0. The van der Waals surface area contributed by atoms with Gasteiger partial charge in [0.05, 0.1) is 23.4 Å². The van der Waals surface area contributed by atoms with Crippen LogP contribution in [0.25, 0.3) is 0 Å². The Kier molecular flexibility index (Phi) is 2.66. The van der Waals surface area contributed by atoms with Crippen molar-refractivity contribution >= 4 is 17.2 Å². The first-order chi connectivity index (χ1) is 5.91. The summed E-state index contributed by atoms with van der Waals surface area (Å²) in [6.45, 7) is 6.76. The molecule has 2 N–H and O–H groups in total. The molecule has 0 atom stereocenters. The second-order valence-corrected chi connectivity index (χ2v) is 4.52. The van der Waals surface area contributed by atoms with Gasteiger partial charge in [0.15, 0.2) is 0 Å². The fourth-order valence-corrected chi connectivity index (χ4v) is 1.23. The van der Waals surface area contributed by atoms with Crippen molar-refractivity contribution in [3.05, 3.63) is 11.9 Å². The molecular weight excluding hydrogens is 184 g/mol. The van der Waals surface area contributed by atoms with Gasteiger partial charge in [-0.25, -0.2) is 4.68 Å². The molecule has 1 rings (SSSR count). The van der Waals surface area contributed by atoms with Crippen molar-refractivity contribution in [3.63, 3.8) is 0 Å². The van der Waals surface area contributed by atoms with Crippen LogP contribution in [0.15, 0.2) is 6.20 Å². The Morgan fingerprint density at radius 1 is 1.62 bits per heavy atom. The number of hydrogen-bond acceptors (Lipinski definition) is 3. The number of aromatic nitrogens is 3. The van der Waals surface area contributed by atoms with Gasteiger partial charge in [-0.1, -0.05) is 38.2 Å². The lowest BCUT2D eigenvalue weighted by Crippen LogP contribution is -2.24. The fraction of sp³-hybridized carbons (Fsp3) is 0.625. The van der Waals surface area contributed by atoms with E-state index in [4.69, 9.17) is 18.0 Å². The first-order valence-corrected chi connectivity index (χ1v) is 4.49. The van der Waals surface area contributed by atoms with E-state index in [1.807, 2.05) is 0 Å². The minimum atomic E-state index is 0.0221. The maximum Gasteiger partial charge on any atom is 0.0946 e. The zero-order chi connectivity index (χ0) is 10.1. The van der Waals surface area contributed by atoms with Crippen LogP contribution in [-0.4, -0.2) is 20.0 Å². The fourth-order valence-electron chi connectivity index (χ4n) is 1.10. The molecule has 0 aromatic carbocycles. The van der Waals surface area contributed by atoms with Crippen LogP contribution in [0.2, 0.25) is 0 Å². The molecule has 0 spiro atoms. The van der Waals surface area contributed by atoms with Crippen LogP contribution in [0.4, 0.5) is 0 Å². The van der Waals surface area contributed by atoms with Gasteiger partial charge in [-0.2, -0.15) is 0 Å². The molecule has 0 bridgehead atoms. The number of rotatable bonds is 2. The van der Waals surface area contributed by atoms with Crippen molar-refractivity contribution in [2.24, 2.45) is 5.73 Å². The first-order valence-electron chi connectivity index (χ1n) is 4.08. The Morgan fingerprint density at radius 2 is 2.23 bits per heavy atom. The van der Waals surface area contributed by atoms with E-state index >= 15 is 0 Å². The quantitative estimate of drug-likeness (QED) is 0.716. The highest BCUT2D eigenvalue weighted by Gasteiger charge is 2.19. The molecule has 1 aromatic heterocycles. The third kappa shape index (κ3) is 2.48. The Labute approximate surface area is 83.1 Å². The Bertz CT molecular complexity index is 310. The second kappa shape index (κ2) is 3.41. The third-order valence-electron chi connectivity index (χ3n) is 1.69. The monoisotopic (exact) mass is 198 g/mol. The average Bonchev–Trinajstić information content (AvgIpc) is 2.31. The van der Waals surface area contributed by atoms with E-state index < -0.39 is 0 Å². The summed E-state index contributed by atoms with van der Waals surface area (Å²) < 4.78 is 1.74. The molecule has 1 aromatic rings. The highest BCUT2D eigenvalue weighted by molar-refractivity contribution is 7.80. The predicted molar refractivity (Wildman–Crippen MR) is 55.5 cm³/mol. The maximum absolute atomic E-state index is 5.44. The summed E-state index contributed by atoms with van der Waals surface area (Å²) >= 11 is 4.82. The highest BCUT2D eigenvalue weighted by Crippen LogP contribution is 2.20. The highest BCUT2D eigenvalue weighted by atomic mass is 32.1. The van der Waals surface area contributed by atoms with Crippen molar-refractivity contribution in [3.8, 4) is 0 Å². The largest absolute Gasteiger partial charge is 0.392 e. The number of hydrogen-bond donors (Lipinski definition) is 1. The molecule has 0 aliphatic rings. The third-order valence-corrected chi connectivity index (χ3v) is 1.82. The van der Waals surface area contributed by atoms with Gasteiger partial charge < -0.3 is 5.73 Å². The van der Waals surface area contributed by atoms with E-state index in [0.717, 1.165) is 5.69 Å². The summed E-state index contributed by atoms with van der Waals surface area (Å²) in [5.41, 5.74) is 6.50. The van der Waals surface area contributed by atoms with Gasteiger partial charge in [-0.05, 0) is 0 Å². The van der Waals surface area contributed by atoms with Gasteiger partial charge in [0.25, 0.3) is 0 Å². The molecule has 0 amide bonds. The normalized spacial score (nSPS) is 11.6. The maximum atomic E-state index is 5.44. The van der Waals surface area contributed by atoms with Crippen molar-refractivity contribution in [2.45, 2.75) is 32.7 Å². The van der Waals surface area contributed by atoms with Crippen LogP contribution < -0.4 is 5.73 Å². The van der Waals surface area contributed by atoms with Crippen LogP contribution in [0.5, 0.6) is 0 Å². The standard InChI is InChI=1S/C8H14N4S/c1-8(2,3)6-4-10-11-12(6)5-7(9)13/h4H,5H2,1-3H3,(H2,9,13). The van der Waals surface area contributed by atoms with Gasteiger partial charge in [0.2, 0.25) is 0 Å². The molecule has 0 saturated heterocycles. The molecule has 5 heteroatoms. The first kappa shape index (κ1) is 10.1. The predicted octanol–water partition coefficient (Wildman–Crippen LogP) is 0.862. The lowest BCUT2D eigenvalue weighted by molar-refractivity contribution is 0.511. The topological polar surface area (TPSA) is 56.7 Å². The minimum Gasteiger partial charge on any atom is -0.392 e. The SMILES string of the molecule is CC(C)(C)c1cnnn1CC(N)=S. The summed E-state index contributed by atoms with van der Waals surface area (Å²) in [6.07, 6.45) is 1.75. The molecule has 13 heavy (non-hydrogen) atoms. The van der Waals surface area contributed by atoms with Crippen LogP contribution >= 0.6 is 12.2 Å². The smallest absolute Gasteiger partial charge is 0.0946 e. The van der Waals surface area contributed by atoms with Crippen molar-refractivity contribution in [1.82, 2.24) is 15.0 Å². The molecule has 72 valence electrons. The van der Waals surface area contributed by atoms with Crippen LogP contribution in [-0.2, 0) is 12.0 Å². The van der Waals surface area contributed by atoms with Crippen LogP contribution in [0, 0.1) is 0 Å². The Morgan fingerprint density at radius 3 is 2.69 bits per heavy atom. The lowest BCUT2D eigenvalue weighted by atomic mass is 9.93. The van der Waals surface area contributed by atoms with E-state index in [9.17, 15) is 0 Å². The summed E-state index contributed by atoms with van der Waals surface area (Å²) in [4.78, 5) is 0.427. The molecule has 0 fully saturated rings. The second-order valence-electron chi connectivity index (χ2n) is 3.99. The molecule has 0 aliphatic carbocycles. The Hall–Kier alpha value is -0.970. The van der Waals surface area contributed by atoms with Crippen LogP contribution in [0.3, 0.4) is 0 Å². The molecular formula is C8H14N4S. The van der Waals surface area contributed by atoms with E-state index in [1.165, 1.54) is 0 Å². The zero-order valence-electron chi connectivity index (χ0n) is 8.11. The minimum absolute atomic E-state index is 0.0221. The summed E-state index contributed by atoms with van der Waals surface area (Å²) in [5.74, 6) is 0. The van der Waals surface area contributed by atoms with E-state index in [0.29, 0.717) is 11.5 Å². The lowest BCUT2D eigenvalue weighted by Gasteiger charge is -2.18. The summed E-state index contributed by atoms with van der Waals surface area (Å²) in [5, 5.41) is 7.76. The molecule has 0 radical (unpaired) electrons. The molecule has 0 aliphatic heterocycles. The van der Waals surface area contributed by atoms with Gasteiger partial charge in [-0.15, -0.1) is 5.10 Å². The summed E-state index contributed by atoms with van der Waals surface area (Å²) in [6, 6.07) is 0. The van der Waals surface area contributed by atoms with Gasteiger partial charge >= 0.3 is 0 Å². The number of nitrogens with two attached hydrogens (primary N) is 1. The number of nitrogens with zero attached hydrogens (tertiary/aromatic N) is 3. The molecule has 0 unspecified atom stereocenters. The van der Waals surface area contributed by atoms with Crippen LogP contribution in [0.1, 0.15) is 26.5 Å². The van der Waals surface area contributed by atoms with Crippen molar-refractivity contribution < 1.29 is 0 Å². The van der Waals surface area contributed by atoms with E-state index in [-0.39, 0.29) is 5.41 Å². The molecule has 0 saturated carbocycles. The average molecular weight is 198 g/mol. The van der Waals surface area contributed by atoms with Gasteiger partial charge in [0, 0.05) is 5.41 Å². The molecule has 1 heterocycles. The number of thiocarbonyl (C=S) groups is 1. The van der Waals surface area contributed by atoms with E-state index in [1.54, 1.807) is 10.9 Å². The molecule has 4 nitrogen and oxygen atoms in total. The van der Waals surface area contributed by atoms with Crippen molar-refractivity contribution in [1.29, 1.82) is 0 Å². The van der Waals surface area contributed by atoms with Gasteiger partial charge in [0.1, 0.15) is 0 Å². The Balaban J connectivity index is 2.96. The van der Waals surface area contributed by atoms with Crippen molar-refractivity contribution in [2.75, 3.05) is 0 Å².